The summed E-state index contributed by atoms with van der Waals surface area (Å²) in [5, 5.41) is 10.1. The molecule has 0 spiro atoms. The minimum atomic E-state index is -0.360. The van der Waals surface area contributed by atoms with E-state index in [1.807, 2.05) is 6.92 Å². The van der Waals surface area contributed by atoms with Crippen molar-refractivity contribution in [3.63, 3.8) is 0 Å². The number of ether oxygens (including phenoxy) is 1. The zero-order valence-corrected chi connectivity index (χ0v) is 9.86. The van der Waals surface area contributed by atoms with Crippen molar-refractivity contribution in [3.05, 3.63) is 35.4 Å². The summed E-state index contributed by atoms with van der Waals surface area (Å²) in [7, 11) is 0. The van der Waals surface area contributed by atoms with E-state index in [1.54, 1.807) is 0 Å². The molecule has 88 valence electrons. The number of aliphatic hydroxyl groups is 1. The number of benzene rings is 1. The third-order valence-corrected chi connectivity index (χ3v) is 3.37. The number of aryl methyl sites for hydroxylation is 1. The summed E-state index contributed by atoms with van der Waals surface area (Å²) in [4.78, 5) is 0. The van der Waals surface area contributed by atoms with Crippen molar-refractivity contribution in [2.24, 2.45) is 0 Å². The maximum Gasteiger partial charge on any atom is 0.0842 e. The first-order valence-electron chi connectivity index (χ1n) is 6.16. The average Bonchev–Trinajstić information content (AvgIpc) is 2.35. The van der Waals surface area contributed by atoms with Gasteiger partial charge in [0, 0.05) is 12.5 Å². The molecule has 0 amide bonds. The molecule has 1 aliphatic rings. The summed E-state index contributed by atoms with van der Waals surface area (Å²) < 4.78 is 5.31. The van der Waals surface area contributed by atoms with E-state index in [1.165, 1.54) is 17.5 Å². The van der Waals surface area contributed by atoms with Crippen LogP contribution in [0.2, 0.25) is 0 Å². The minimum Gasteiger partial charge on any atom is -0.390 e. The Morgan fingerprint density at radius 3 is 3.06 bits per heavy atom. The van der Waals surface area contributed by atoms with Crippen molar-refractivity contribution in [2.75, 3.05) is 13.2 Å². The third-order valence-electron chi connectivity index (χ3n) is 3.37. The molecule has 2 rings (SSSR count). The molecule has 2 heteroatoms. The Hall–Kier alpha value is -0.860. The maximum absolute atomic E-state index is 10.1. The van der Waals surface area contributed by atoms with Gasteiger partial charge in [0.05, 0.1) is 12.7 Å². The van der Waals surface area contributed by atoms with Gasteiger partial charge >= 0.3 is 0 Å². The Balaban J connectivity index is 2.12. The summed E-state index contributed by atoms with van der Waals surface area (Å²) in [6.45, 7) is 3.09. The molecule has 2 unspecified atom stereocenters. The van der Waals surface area contributed by atoms with Crippen LogP contribution in [-0.2, 0) is 11.2 Å². The summed E-state index contributed by atoms with van der Waals surface area (Å²) in [6.07, 6.45) is 3.03. The molecule has 1 aromatic carbocycles. The molecule has 0 aliphatic heterocycles. The highest BCUT2D eigenvalue weighted by molar-refractivity contribution is 5.33. The first kappa shape index (κ1) is 11.6. The average molecular weight is 220 g/mol. The molecule has 0 radical (unpaired) electrons. The second-order valence-corrected chi connectivity index (χ2v) is 4.42. The first-order chi connectivity index (χ1) is 7.83. The van der Waals surface area contributed by atoms with Gasteiger partial charge in [-0.15, -0.1) is 0 Å². The predicted octanol–water partition coefficient (Wildman–Crippen LogP) is 2.50. The van der Waals surface area contributed by atoms with E-state index in [4.69, 9.17) is 4.74 Å². The van der Waals surface area contributed by atoms with Crippen LogP contribution < -0.4 is 0 Å². The summed E-state index contributed by atoms with van der Waals surface area (Å²) in [5.41, 5.74) is 2.72. The van der Waals surface area contributed by atoms with Gasteiger partial charge < -0.3 is 9.84 Å². The zero-order valence-electron chi connectivity index (χ0n) is 9.86. The van der Waals surface area contributed by atoms with Crippen LogP contribution in [0.1, 0.15) is 36.8 Å². The second-order valence-electron chi connectivity index (χ2n) is 4.42. The smallest absolute Gasteiger partial charge is 0.0842 e. The minimum absolute atomic E-state index is 0.261. The highest BCUT2D eigenvalue weighted by Crippen LogP contribution is 2.33. The first-order valence-corrected chi connectivity index (χ1v) is 6.16. The molecule has 1 aliphatic carbocycles. The van der Waals surface area contributed by atoms with Gasteiger partial charge in [0.15, 0.2) is 0 Å². The number of fused-ring (bicyclic) bond motifs is 1. The van der Waals surface area contributed by atoms with Gasteiger partial charge in [-0.1, -0.05) is 24.3 Å². The lowest BCUT2D eigenvalue weighted by Crippen LogP contribution is -2.27. The van der Waals surface area contributed by atoms with Crippen LogP contribution in [-0.4, -0.2) is 24.4 Å². The molecule has 16 heavy (non-hydrogen) atoms. The highest BCUT2D eigenvalue weighted by atomic mass is 16.5. The molecule has 1 aromatic rings. The molecule has 0 saturated carbocycles. The second kappa shape index (κ2) is 5.46. The van der Waals surface area contributed by atoms with Gasteiger partial charge in [0.1, 0.15) is 0 Å². The van der Waals surface area contributed by atoms with E-state index in [9.17, 15) is 5.11 Å². The van der Waals surface area contributed by atoms with E-state index >= 15 is 0 Å². The third kappa shape index (κ3) is 2.45. The fourth-order valence-electron chi connectivity index (χ4n) is 2.55. The van der Waals surface area contributed by atoms with E-state index < -0.39 is 0 Å². The fourth-order valence-corrected chi connectivity index (χ4v) is 2.55. The van der Waals surface area contributed by atoms with Crippen molar-refractivity contribution in [3.8, 4) is 0 Å². The fraction of sp³-hybridized carbons (Fsp3) is 0.571. The maximum atomic E-state index is 10.1. The molecule has 0 aromatic heterocycles. The lowest BCUT2D eigenvalue weighted by atomic mass is 9.80. The van der Waals surface area contributed by atoms with Gasteiger partial charge in [0.25, 0.3) is 0 Å². The quantitative estimate of drug-likeness (QED) is 0.844. The van der Waals surface area contributed by atoms with Crippen LogP contribution in [0.3, 0.4) is 0 Å². The van der Waals surface area contributed by atoms with E-state index in [0.29, 0.717) is 13.2 Å². The van der Waals surface area contributed by atoms with Crippen LogP contribution in [0.4, 0.5) is 0 Å². The number of rotatable bonds is 4. The topological polar surface area (TPSA) is 29.5 Å². The Bertz CT molecular complexity index is 335. The molecule has 2 nitrogen and oxygen atoms in total. The molecule has 0 bridgehead atoms. The van der Waals surface area contributed by atoms with Gasteiger partial charge in [-0.05, 0) is 37.3 Å². The molecule has 0 fully saturated rings. The van der Waals surface area contributed by atoms with Crippen LogP contribution >= 0.6 is 0 Å². The van der Waals surface area contributed by atoms with Crippen LogP contribution in [0.5, 0.6) is 0 Å². The molecular weight excluding hydrogens is 200 g/mol. The van der Waals surface area contributed by atoms with Crippen LogP contribution in [0.15, 0.2) is 24.3 Å². The van der Waals surface area contributed by atoms with E-state index in [-0.39, 0.29) is 12.0 Å². The van der Waals surface area contributed by atoms with Gasteiger partial charge in [-0.25, -0.2) is 0 Å². The summed E-state index contributed by atoms with van der Waals surface area (Å²) in [6, 6.07) is 8.46. The molecular formula is C14H20O2. The lowest BCUT2D eigenvalue weighted by molar-refractivity contribution is 0.0241. The van der Waals surface area contributed by atoms with Crippen molar-refractivity contribution in [1.82, 2.24) is 0 Å². The van der Waals surface area contributed by atoms with Crippen molar-refractivity contribution < 1.29 is 9.84 Å². The normalized spacial score (nSPS) is 21.5. The molecule has 1 N–H and O–H groups in total. The van der Waals surface area contributed by atoms with E-state index in [2.05, 4.69) is 24.3 Å². The number of aliphatic hydroxyl groups excluding tert-OH is 1. The van der Waals surface area contributed by atoms with Crippen LogP contribution in [0, 0.1) is 0 Å². The Labute approximate surface area is 97.3 Å². The lowest BCUT2D eigenvalue weighted by Gasteiger charge is -2.29. The predicted molar refractivity (Wildman–Crippen MR) is 64.6 cm³/mol. The zero-order chi connectivity index (χ0) is 11.4. The molecule has 2 atom stereocenters. The Morgan fingerprint density at radius 1 is 1.44 bits per heavy atom. The largest absolute Gasteiger partial charge is 0.390 e. The monoisotopic (exact) mass is 220 g/mol. The van der Waals surface area contributed by atoms with Crippen molar-refractivity contribution in [2.45, 2.75) is 38.2 Å². The number of hydrogen-bond acceptors (Lipinski definition) is 2. The SMILES string of the molecule is CCOCC(O)C1CCCc2ccccc21. The summed E-state index contributed by atoms with van der Waals surface area (Å²) >= 11 is 0. The Morgan fingerprint density at radius 2 is 2.25 bits per heavy atom. The molecule has 0 heterocycles. The van der Waals surface area contributed by atoms with Gasteiger partial charge in [-0.3, -0.25) is 0 Å². The van der Waals surface area contributed by atoms with Crippen molar-refractivity contribution in [1.29, 1.82) is 0 Å². The standard InChI is InChI=1S/C14H20O2/c1-2-16-10-14(15)13-9-5-7-11-6-3-4-8-12(11)13/h3-4,6,8,13-15H,2,5,7,9-10H2,1H3. The highest BCUT2D eigenvalue weighted by Gasteiger charge is 2.26. The van der Waals surface area contributed by atoms with Gasteiger partial charge in [0.2, 0.25) is 0 Å². The van der Waals surface area contributed by atoms with Gasteiger partial charge in [-0.2, -0.15) is 0 Å². The summed E-state index contributed by atoms with van der Waals surface area (Å²) in [5.74, 6) is 0.261. The Kier molecular flexibility index (Phi) is 3.97. The van der Waals surface area contributed by atoms with E-state index in [0.717, 1.165) is 12.8 Å². The van der Waals surface area contributed by atoms with Crippen molar-refractivity contribution >= 4 is 0 Å². The number of hydrogen-bond donors (Lipinski definition) is 1. The molecule has 0 saturated heterocycles. The van der Waals surface area contributed by atoms with Crippen LogP contribution in [0.25, 0.3) is 0 Å².